The minimum atomic E-state index is -0.163. The van der Waals surface area contributed by atoms with Gasteiger partial charge in [0.05, 0.1) is 11.2 Å². The molecule has 1 heterocycles. The highest BCUT2D eigenvalue weighted by Gasteiger charge is 2.08. The molecule has 0 radical (unpaired) electrons. The van der Waals surface area contributed by atoms with Gasteiger partial charge in [0, 0.05) is 24.4 Å². The molecule has 7 heteroatoms. The second-order valence-electron chi connectivity index (χ2n) is 4.30. The molecule has 0 spiro atoms. The zero-order valence-corrected chi connectivity index (χ0v) is 13.8. The molecule has 3 N–H and O–H groups in total. The van der Waals surface area contributed by atoms with Gasteiger partial charge < -0.3 is 11.1 Å². The summed E-state index contributed by atoms with van der Waals surface area (Å²) in [6, 6.07) is 9.60. The van der Waals surface area contributed by atoms with E-state index in [0.29, 0.717) is 19.4 Å². The zero-order valence-electron chi connectivity index (χ0n) is 11.4. The third kappa shape index (κ3) is 6.91. The summed E-state index contributed by atoms with van der Waals surface area (Å²) in [4.78, 5) is 15.8. The maximum atomic E-state index is 11.7. The molecule has 1 amide bonds. The fraction of sp³-hybridized carbons (Fsp3) is 0.286. The second-order valence-corrected chi connectivity index (χ2v) is 5.02. The highest BCUT2D eigenvalue weighted by Crippen LogP contribution is 2.08. The molecule has 2 aromatic rings. The van der Waals surface area contributed by atoms with Crippen molar-refractivity contribution in [2.24, 2.45) is 5.73 Å². The molecular formula is C14H19Cl2N3OS. The van der Waals surface area contributed by atoms with Crippen molar-refractivity contribution < 1.29 is 4.79 Å². The number of carbonyl (C=O) groups excluding carboxylic acids is 1. The first-order valence-corrected chi connectivity index (χ1v) is 7.14. The number of hydrogen-bond donors (Lipinski definition) is 2. The van der Waals surface area contributed by atoms with Crippen LogP contribution in [0.4, 0.5) is 0 Å². The molecule has 0 saturated heterocycles. The van der Waals surface area contributed by atoms with Crippen LogP contribution in [0.15, 0.2) is 41.2 Å². The van der Waals surface area contributed by atoms with Crippen LogP contribution in [0.3, 0.4) is 0 Å². The maximum absolute atomic E-state index is 11.7. The van der Waals surface area contributed by atoms with Gasteiger partial charge in [0.15, 0.2) is 0 Å². The van der Waals surface area contributed by atoms with Crippen LogP contribution in [0.2, 0.25) is 0 Å². The number of aryl methyl sites for hydroxylation is 1. The Bertz CT molecular complexity index is 508. The summed E-state index contributed by atoms with van der Waals surface area (Å²) in [5.74, 6) is 0.0133. The van der Waals surface area contributed by atoms with E-state index in [1.54, 1.807) is 16.8 Å². The number of thiazole rings is 1. The predicted molar refractivity (Wildman–Crippen MR) is 91.3 cm³/mol. The van der Waals surface area contributed by atoms with E-state index in [1.165, 1.54) is 0 Å². The SMILES string of the molecule is Cl.Cl.NC(CNC(=O)CCc1cscn1)c1ccccc1. The van der Waals surface area contributed by atoms with Gasteiger partial charge in [-0.15, -0.1) is 36.2 Å². The van der Waals surface area contributed by atoms with E-state index in [2.05, 4.69) is 10.3 Å². The monoisotopic (exact) mass is 347 g/mol. The Labute approximate surface area is 141 Å². The Morgan fingerprint density at radius 2 is 2.00 bits per heavy atom. The van der Waals surface area contributed by atoms with Crippen molar-refractivity contribution in [3.63, 3.8) is 0 Å². The molecule has 1 aromatic heterocycles. The van der Waals surface area contributed by atoms with Crippen molar-refractivity contribution in [1.29, 1.82) is 0 Å². The van der Waals surface area contributed by atoms with Gasteiger partial charge in [0.25, 0.3) is 0 Å². The fourth-order valence-electron chi connectivity index (χ4n) is 1.73. The molecular weight excluding hydrogens is 329 g/mol. The van der Waals surface area contributed by atoms with Crippen LogP contribution in [0.25, 0.3) is 0 Å². The second kappa shape index (κ2) is 10.6. The number of carbonyl (C=O) groups is 1. The molecule has 0 saturated carbocycles. The number of nitrogens with zero attached hydrogens (tertiary/aromatic N) is 1. The minimum absolute atomic E-state index is 0. The number of aromatic nitrogens is 1. The van der Waals surface area contributed by atoms with Gasteiger partial charge in [-0.05, 0) is 12.0 Å². The molecule has 116 valence electrons. The summed E-state index contributed by atoms with van der Waals surface area (Å²) in [5, 5.41) is 4.82. The summed E-state index contributed by atoms with van der Waals surface area (Å²) < 4.78 is 0. The van der Waals surface area contributed by atoms with Gasteiger partial charge in [0.1, 0.15) is 0 Å². The lowest BCUT2D eigenvalue weighted by Gasteiger charge is -2.12. The normalized spacial score (nSPS) is 10.9. The fourth-order valence-corrected chi connectivity index (χ4v) is 2.33. The van der Waals surface area contributed by atoms with Crippen molar-refractivity contribution in [2.75, 3.05) is 6.54 Å². The minimum Gasteiger partial charge on any atom is -0.354 e. The molecule has 0 aliphatic rings. The van der Waals surface area contributed by atoms with E-state index < -0.39 is 0 Å². The van der Waals surface area contributed by atoms with Gasteiger partial charge in [-0.3, -0.25) is 4.79 Å². The Kier molecular flexibility index (Phi) is 9.99. The molecule has 1 unspecified atom stereocenters. The summed E-state index contributed by atoms with van der Waals surface area (Å²) in [7, 11) is 0. The average molecular weight is 348 g/mol. The molecule has 0 bridgehead atoms. The first-order valence-electron chi connectivity index (χ1n) is 6.20. The summed E-state index contributed by atoms with van der Waals surface area (Å²) >= 11 is 1.54. The third-order valence-electron chi connectivity index (χ3n) is 2.84. The molecule has 1 atom stereocenters. The smallest absolute Gasteiger partial charge is 0.220 e. The molecule has 0 aliphatic carbocycles. The van der Waals surface area contributed by atoms with Crippen LogP contribution in [0.1, 0.15) is 23.7 Å². The number of benzene rings is 1. The Balaban J connectivity index is 0.00000200. The van der Waals surface area contributed by atoms with Crippen molar-refractivity contribution in [3.05, 3.63) is 52.5 Å². The van der Waals surface area contributed by atoms with Crippen LogP contribution >= 0.6 is 36.2 Å². The zero-order chi connectivity index (χ0) is 13.5. The quantitative estimate of drug-likeness (QED) is 0.843. The molecule has 4 nitrogen and oxygen atoms in total. The first kappa shape index (κ1) is 19.9. The van der Waals surface area contributed by atoms with Gasteiger partial charge >= 0.3 is 0 Å². The Morgan fingerprint density at radius 1 is 1.29 bits per heavy atom. The highest BCUT2D eigenvalue weighted by molar-refractivity contribution is 7.07. The molecule has 21 heavy (non-hydrogen) atoms. The van der Waals surface area contributed by atoms with Gasteiger partial charge in [0.2, 0.25) is 5.91 Å². The van der Waals surface area contributed by atoms with Crippen LogP contribution in [-0.4, -0.2) is 17.4 Å². The number of amides is 1. The number of hydrogen-bond acceptors (Lipinski definition) is 4. The lowest BCUT2D eigenvalue weighted by atomic mass is 10.1. The molecule has 2 rings (SSSR count). The molecule has 0 fully saturated rings. The number of nitrogens with two attached hydrogens (primary N) is 1. The van der Waals surface area contributed by atoms with E-state index in [-0.39, 0.29) is 36.8 Å². The van der Waals surface area contributed by atoms with Crippen molar-refractivity contribution in [3.8, 4) is 0 Å². The van der Waals surface area contributed by atoms with E-state index in [0.717, 1.165) is 11.3 Å². The Morgan fingerprint density at radius 3 is 2.62 bits per heavy atom. The van der Waals surface area contributed by atoms with Gasteiger partial charge in [-0.1, -0.05) is 30.3 Å². The predicted octanol–water partition coefficient (Wildman–Crippen LogP) is 2.74. The van der Waals surface area contributed by atoms with E-state index >= 15 is 0 Å². The highest BCUT2D eigenvalue weighted by atomic mass is 35.5. The number of rotatable bonds is 6. The summed E-state index contributed by atoms with van der Waals surface area (Å²) in [6.45, 7) is 0.458. The maximum Gasteiger partial charge on any atom is 0.220 e. The lowest BCUT2D eigenvalue weighted by molar-refractivity contribution is -0.121. The van der Waals surface area contributed by atoms with E-state index in [1.807, 2.05) is 35.7 Å². The third-order valence-corrected chi connectivity index (χ3v) is 3.47. The standard InChI is InChI=1S/C14H17N3OS.2ClH/c15-13(11-4-2-1-3-5-11)8-16-14(18)7-6-12-9-19-10-17-12;;/h1-5,9-10,13H,6-8,15H2,(H,16,18);2*1H. The van der Waals surface area contributed by atoms with Gasteiger partial charge in [-0.2, -0.15) is 0 Å². The van der Waals surface area contributed by atoms with Gasteiger partial charge in [-0.25, -0.2) is 4.98 Å². The summed E-state index contributed by atoms with van der Waals surface area (Å²) in [5.41, 5.74) is 9.78. The topological polar surface area (TPSA) is 68.0 Å². The average Bonchev–Trinajstić information content (AvgIpc) is 2.96. The first-order chi connectivity index (χ1) is 9.25. The van der Waals surface area contributed by atoms with E-state index in [4.69, 9.17) is 5.73 Å². The molecule has 1 aromatic carbocycles. The van der Waals surface area contributed by atoms with Crippen LogP contribution < -0.4 is 11.1 Å². The van der Waals surface area contributed by atoms with Crippen LogP contribution in [0, 0.1) is 0 Å². The van der Waals surface area contributed by atoms with Crippen molar-refractivity contribution >= 4 is 42.1 Å². The van der Waals surface area contributed by atoms with E-state index in [9.17, 15) is 4.79 Å². The Hall–Kier alpha value is -1.14. The molecule has 0 aliphatic heterocycles. The number of halogens is 2. The van der Waals surface area contributed by atoms with Crippen LogP contribution in [0.5, 0.6) is 0 Å². The largest absolute Gasteiger partial charge is 0.354 e. The van der Waals surface area contributed by atoms with Crippen molar-refractivity contribution in [1.82, 2.24) is 10.3 Å². The van der Waals surface area contributed by atoms with Crippen molar-refractivity contribution in [2.45, 2.75) is 18.9 Å². The van der Waals surface area contributed by atoms with Crippen LogP contribution in [-0.2, 0) is 11.2 Å². The lowest BCUT2D eigenvalue weighted by Crippen LogP contribution is -2.32. The number of nitrogens with one attached hydrogen (secondary N) is 1. The summed E-state index contributed by atoms with van der Waals surface area (Å²) in [6.07, 6.45) is 1.13.